The number of amides is 1. The number of nitrogens with zero attached hydrogens (tertiary/aromatic N) is 2. The van der Waals surface area contributed by atoms with E-state index in [0.29, 0.717) is 32.0 Å². The molecule has 2 aliphatic rings. The van der Waals surface area contributed by atoms with Gasteiger partial charge in [-0.3, -0.25) is 4.79 Å². The Morgan fingerprint density at radius 1 is 1.12 bits per heavy atom. The van der Waals surface area contributed by atoms with Crippen molar-refractivity contribution in [3.05, 3.63) is 29.1 Å². The number of rotatable bonds is 3. The van der Waals surface area contributed by atoms with E-state index in [2.05, 4.69) is 24.5 Å². The molecule has 24 heavy (non-hydrogen) atoms. The zero-order valence-electron chi connectivity index (χ0n) is 15.0. The van der Waals surface area contributed by atoms with Crippen LogP contribution in [0.15, 0.2) is 12.1 Å². The predicted molar refractivity (Wildman–Crippen MR) is 96.9 cm³/mol. The molecule has 0 unspecified atom stereocenters. The molecular formula is C20H30N2O2. The zero-order chi connectivity index (χ0) is 17.1. The topological polar surface area (TPSA) is 45.5 Å². The Morgan fingerprint density at radius 2 is 1.79 bits per heavy atom. The van der Waals surface area contributed by atoms with E-state index in [1.807, 2.05) is 11.0 Å². The van der Waals surface area contributed by atoms with E-state index in [1.165, 1.54) is 43.5 Å². The molecule has 1 aromatic rings. The Bertz CT molecular complexity index is 603. The summed E-state index contributed by atoms with van der Waals surface area (Å²) in [6.45, 7) is 5.66. The first-order valence-corrected chi connectivity index (χ1v) is 9.39. The van der Waals surface area contributed by atoms with Gasteiger partial charge >= 0.3 is 0 Å². The first-order valence-electron chi connectivity index (χ1n) is 9.39. The molecule has 4 nitrogen and oxygen atoms in total. The minimum absolute atomic E-state index is 0.0596. The Labute approximate surface area is 145 Å². The van der Waals surface area contributed by atoms with Crippen molar-refractivity contribution in [1.82, 2.24) is 9.47 Å². The largest absolute Gasteiger partial charge is 0.393 e. The normalized spacial score (nSPS) is 20.9. The molecule has 1 aliphatic heterocycles. The first kappa shape index (κ1) is 17.3. The highest BCUT2D eigenvalue weighted by molar-refractivity contribution is 5.92. The van der Waals surface area contributed by atoms with Crippen LogP contribution in [0, 0.1) is 13.8 Å². The van der Waals surface area contributed by atoms with E-state index in [-0.39, 0.29) is 12.0 Å². The summed E-state index contributed by atoms with van der Waals surface area (Å²) in [5.74, 6) is 0.0596. The summed E-state index contributed by atoms with van der Waals surface area (Å²) in [5, 5.41) is 9.55. The monoisotopic (exact) mass is 330 g/mol. The number of hydrogen-bond donors (Lipinski definition) is 1. The predicted octanol–water partition coefficient (Wildman–Crippen LogP) is 3.61. The lowest BCUT2D eigenvalue weighted by molar-refractivity contribution is -0.127. The molecule has 0 radical (unpaired) electrons. The summed E-state index contributed by atoms with van der Waals surface area (Å²) >= 11 is 0. The highest BCUT2D eigenvalue weighted by atomic mass is 16.3. The maximum absolute atomic E-state index is 12.3. The Morgan fingerprint density at radius 3 is 2.46 bits per heavy atom. The van der Waals surface area contributed by atoms with Crippen molar-refractivity contribution in [2.75, 3.05) is 13.1 Å². The van der Waals surface area contributed by atoms with Crippen molar-refractivity contribution in [1.29, 1.82) is 0 Å². The van der Waals surface area contributed by atoms with Crippen LogP contribution < -0.4 is 0 Å². The van der Waals surface area contributed by atoms with E-state index in [4.69, 9.17) is 0 Å². The molecule has 0 aromatic carbocycles. The fourth-order valence-electron chi connectivity index (χ4n) is 4.23. The van der Waals surface area contributed by atoms with Gasteiger partial charge < -0.3 is 14.6 Å². The molecule has 132 valence electrons. The molecule has 1 aliphatic carbocycles. The van der Waals surface area contributed by atoms with Gasteiger partial charge in [-0.1, -0.05) is 19.3 Å². The number of likely N-dealkylation sites (tertiary alicyclic amines) is 1. The fourth-order valence-corrected chi connectivity index (χ4v) is 4.23. The van der Waals surface area contributed by atoms with Crippen LogP contribution in [0.25, 0.3) is 6.08 Å². The smallest absolute Gasteiger partial charge is 0.246 e. The quantitative estimate of drug-likeness (QED) is 0.861. The molecule has 0 bridgehead atoms. The maximum Gasteiger partial charge on any atom is 0.246 e. The summed E-state index contributed by atoms with van der Waals surface area (Å²) in [6, 6.07) is 2.83. The average Bonchev–Trinajstić information content (AvgIpc) is 2.88. The fraction of sp³-hybridized carbons (Fsp3) is 0.650. The van der Waals surface area contributed by atoms with Crippen LogP contribution in [0.4, 0.5) is 0 Å². The standard InChI is InChI=1S/C20H30N2O2/c1-15-14-17(16(2)22(15)18-6-4-3-5-7-18)8-9-20(24)21-12-10-19(23)11-13-21/h8-9,14,18-19,23H,3-7,10-13H2,1-2H3/b9-8+. The molecule has 2 heterocycles. The second-order valence-corrected chi connectivity index (χ2v) is 7.38. The van der Waals surface area contributed by atoms with Crippen molar-refractivity contribution >= 4 is 12.0 Å². The summed E-state index contributed by atoms with van der Waals surface area (Å²) in [7, 11) is 0. The second kappa shape index (κ2) is 7.56. The van der Waals surface area contributed by atoms with Gasteiger partial charge in [-0.25, -0.2) is 0 Å². The van der Waals surface area contributed by atoms with Crippen LogP contribution in [-0.4, -0.2) is 39.7 Å². The summed E-state index contributed by atoms with van der Waals surface area (Å²) < 4.78 is 2.47. The molecule has 4 heteroatoms. The van der Waals surface area contributed by atoms with Gasteiger partial charge in [-0.05, 0) is 57.2 Å². The lowest BCUT2D eigenvalue weighted by Gasteiger charge is -2.28. The van der Waals surface area contributed by atoms with Gasteiger partial charge in [0.2, 0.25) is 5.91 Å². The second-order valence-electron chi connectivity index (χ2n) is 7.38. The molecule has 1 amide bonds. The number of aliphatic hydroxyl groups is 1. The lowest BCUT2D eigenvalue weighted by Crippen LogP contribution is -2.39. The van der Waals surface area contributed by atoms with E-state index in [0.717, 1.165) is 5.56 Å². The molecule has 1 saturated heterocycles. The SMILES string of the molecule is Cc1cc(/C=C/C(=O)N2CCC(O)CC2)c(C)n1C1CCCCC1. The van der Waals surface area contributed by atoms with Crippen molar-refractivity contribution in [2.24, 2.45) is 0 Å². The third-order valence-electron chi connectivity index (χ3n) is 5.64. The molecule has 2 fully saturated rings. The third-order valence-corrected chi connectivity index (χ3v) is 5.64. The van der Waals surface area contributed by atoms with Crippen LogP contribution in [0.1, 0.15) is 67.9 Å². The minimum atomic E-state index is -0.243. The van der Waals surface area contributed by atoms with E-state index in [9.17, 15) is 9.90 Å². The molecule has 3 rings (SSSR count). The van der Waals surface area contributed by atoms with Gasteiger partial charge in [0.1, 0.15) is 0 Å². The summed E-state index contributed by atoms with van der Waals surface area (Å²) in [5.41, 5.74) is 3.73. The van der Waals surface area contributed by atoms with Gasteiger partial charge in [-0.2, -0.15) is 0 Å². The van der Waals surface area contributed by atoms with Crippen LogP contribution in [-0.2, 0) is 4.79 Å². The van der Waals surface area contributed by atoms with Gasteiger partial charge in [0, 0.05) is 36.6 Å². The number of aliphatic hydroxyl groups excluding tert-OH is 1. The number of piperidine rings is 1. The van der Waals surface area contributed by atoms with Crippen molar-refractivity contribution in [2.45, 2.75) is 70.9 Å². The van der Waals surface area contributed by atoms with Crippen molar-refractivity contribution < 1.29 is 9.90 Å². The van der Waals surface area contributed by atoms with Crippen LogP contribution in [0.2, 0.25) is 0 Å². The van der Waals surface area contributed by atoms with Gasteiger partial charge in [0.25, 0.3) is 0 Å². The molecule has 1 N–H and O–H groups in total. The minimum Gasteiger partial charge on any atom is -0.393 e. The van der Waals surface area contributed by atoms with Crippen molar-refractivity contribution in [3.63, 3.8) is 0 Å². The number of aromatic nitrogens is 1. The molecule has 0 atom stereocenters. The maximum atomic E-state index is 12.3. The highest BCUT2D eigenvalue weighted by Crippen LogP contribution is 2.32. The van der Waals surface area contributed by atoms with E-state index >= 15 is 0 Å². The van der Waals surface area contributed by atoms with Gasteiger partial charge in [0.15, 0.2) is 0 Å². The van der Waals surface area contributed by atoms with E-state index in [1.54, 1.807) is 6.08 Å². The van der Waals surface area contributed by atoms with Gasteiger partial charge in [-0.15, -0.1) is 0 Å². The molecule has 0 spiro atoms. The summed E-state index contributed by atoms with van der Waals surface area (Å²) in [6.07, 6.45) is 11.4. The molecule has 1 saturated carbocycles. The molecular weight excluding hydrogens is 300 g/mol. The zero-order valence-corrected chi connectivity index (χ0v) is 15.0. The third kappa shape index (κ3) is 3.75. The number of hydrogen-bond acceptors (Lipinski definition) is 2. The van der Waals surface area contributed by atoms with Crippen LogP contribution in [0.3, 0.4) is 0 Å². The average molecular weight is 330 g/mol. The van der Waals surface area contributed by atoms with Crippen LogP contribution >= 0.6 is 0 Å². The van der Waals surface area contributed by atoms with Crippen LogP contribution in [0.5, 0.6) is 0 Å². The number of aryl methyl sites for hydroxylation is 1. The van der Waals surface area contributed by atoms with Crippen molar-refractivity contribution in [3.8, 4) is 0 Å². The lowest BCUT2D eigenvalue weighted by atomic mass is 9.95. The Hall–Kier alpha value is -1.55. The Kier molecular flexibility index (Phi) is 5.44. The molecule has 1 aromatic heterocycles. The highest BCUT2D eigenvalue weighted by Gasteiger charge is 2.21. The Balaban J connectivity index is 1.69. The van der Waals surface area contributed by atoms with Gasteiger partial charge in [0.05, 0.1) is 6.10 Å². The summed E-state index contributed by atoms with van der Waals surface area (Å²) in [4.78, 5) is 14.2. The van der Waals surface area contributed by atoms with E-state index < -0.39 is 0 Å². The number of carbonyl (C=O) groups is 1. The number of carbonyl (C=O) groups excluding carboxylic acids is 1. The first-order chi connectivity index (χ1) is 11.6.